The average molecular weight is 375 g/mol. The van der Waals surface area contributed by atoms with E-state index in [1.165, 1.54) is 0 Å². The van der Waals surface area contributed by atoms with Gasteiger partial charge in [-0.1, -0.05) is 41.9 Å². The molecule has 2 rings (SSSR count). The van der Waals surface area contributed by atoms with Crippen molar-refractivity contribution >= 4 is 29.4 Å². The Morgan fingerprint density at radius 2 is 1.69 bits per heavy atom. The fraction of sp³-hybridized carbons (Fsp3) is 0.211. The third-order valence-corrected chi connectivity index (χ3v) is 3.79. The standard InChI is InChI=1S/C19H19ClN2O4/c1-13(14-5-3-2-4-6-14)22-17(23)12-26-18(24)11-21-19(25)15-7-9-16(20)10-8-15/h2-10,13H,11-12H2,1H3,(H,21,25)(H,22,23)/t13-/m0/s1. The first-order valence-electron chi connectivity index (χ1n) is 7.99. The number of halogens is 1. The molecule has 0 radical (unpaired) electrons. The monoisotopic (exact) mass is 374 g/mol. The molecule has 2 aromatic carbocycles. The van der Waals surface area contributed by atoms with Crippen molar-refractivity contribution in [2.75, 3.05) is 13.2 Å². The lowest BCUT2D eigenvalue weighted by atomic mass is 10.1. The second-order valence-electron chi connectivity index (χ2n) is 5.55. The molecule has 0 aliphatic heterocycles. The van der Waals surface area contributed by atoms with Gasteiger partial charge in [0, 0.05) is 10.6 Å². The Labute approximate surface area is 156 Å². The van der Waals surface area contributed by atoms with Crippen LogP contribution in [0.3, 0.4) is 0 Å². The Hall–Kier alpha value is -2.86. The largest absolute Gasteiger partial charge is 0.454 e. The van der Waals surface area contributed by atoms with Crippen molar-refractivity contribution in [1.29, 1.82) is 0 Å². The lowest BCUT2D eigenvalue weighted by molar-refractivity contribution is -0.147. The maximum atomic E-state index is 11.9. The number of esters is 1. The van der Waals surface area contributed by atoms with Gasteiger partial charge in [-0.25, -0.2) is 0 Å². The van der Waals surface area contributed by atoms with Crippen LogP contribution in [0.5, 0.6) is 0 Å². The second kappa shape index (κ2) is 9.58. The van der Waals surface area contributed by atoms with Gasteiger partial charge in [-0.3, -0.25) is 14.4 Å². The van der Waals surface area contributed by atoms with E-state index in [-0.39, 0.29) is 12.6 Å². The molecule has 2 N–H and O–H groups in total. The van der Waals surface area contributed by atoms with Gasteiger partial charge in [-0.2, -0.15) is 0 Å². The molecule has 0 spiro atoms. The van der Waals surface area contributed by atoms with Crippen LogP contribution in [0, 0.1) is 0 Å². The van der Waals surface area contributed by atoms with Crippen LogP contribution in [0.2, 0.25) is 5.02 Å². The zero-order valence-corrected chi connectivity index (χ0v) is 15.0. The number of carbonyl (C=O) groups excluding carboxylic acids is 3. The SMILES string of the molecule is C[C@H](NC(=O)COC(=O)CNC(=O)c1ccc(Cl)cc1)c1ccccc1. The normalized spacial score (nSPS) is 11.3. The summed E-state index contributed by atoms with van der Waals surface area (Å²) < 4.78 is 4.86. The maximum absolute atomic E-state index is 11.9. The third-order valence-electron chi connectivity index (χ3n) is 3.54. The smallest absolute Gasteiger partial charge is 0.325 e. The van der Waals surface area contributed by atoms with Crippen molar-refractivity contribution in [2.45, 2.75) is 13.0 Å². The Morgan fingerprint density at radius 1 is 1.04 bits per heavy atom. The summed E-state index contributed by atoms with van der Waals surface area (Å²) in [5, 5.41) is 5.66. The van der Waals surface area contributed by atoms with Crippen molar-refractivity contribution < 1.29 is 19.1 Å². The molecular formula is C19H19ClN2O4. The van der Waals surface area contributed by atoms with Crippen LogP contribution in [-0.2, 0) is 14.3 Å². The molecule has 6 nitrogen and oxygen atoms in total. The molecule has 2 aromatic rings. The fourth-order valence-corrected chi connectivity index (χ4v) is 2.29. The quantitative estimate of drug-likeness (QED) is 0.729. The molecule has 0 saturated heterocycles. The van der Waals surface area contributed by atoms with Gasteiger partial charge < -0.3 is 15.4 Å². The van der Waals surface area contributed by atoms with E-state index in [1.54, 1.807) is 24.3 Å². The van der Waals surface area contributed by atoms with Gasteiger partial charge in [0.15, 0.2) is 6.61 Å². The summed E-state index contributed by atoms with van der Waals surface area (Å²) in [6, 6.07) is 15.5. The Kier molecular flexibility index (Phi) is 7.17. The summed E-state index contributed by atoms with van der Waals surface area (Å²) in [7, 11) is 0. The molecule has 0 aromatic heterocycles. The van der Waals surface area contributed by atoms with E-state index in [2.05, 4.69) is 10.6 Å². The first-order valence-corrected chi connectivity index (χ1v) is 8.37. The molecular weight excluding hydrogens is 356 g/mol. The van der Waals surface area contributed by atoms with Gasteiger partial charge in [0.05, 0.1) is 6.04 Å². The summed E-state index contributed by atoms with van der Waals surface area (Å²) in [6.07, 6.45) is 0. The number of rotatable bonds is 7. The number of hydrogen-bond donors (Lipinski definition) is 2. The highest BCUT2D eigenvalue weighted by Crippen LogP contribution is 2.11. The number of benzene rings is 2. The number of amides is 2. The molecule has 0 heterocycles. The summed E-state index contributed by atoms with van der Waals surface area (Å²) in [6.45, 7) is 1.09. The van der Waals surface area contributed by atoms with E-state index in [4.69, 9.17) is 16.3 Å². The number of hydrogen-bond acceptors (Lipinski definition) is 4. The van der Waals surface area contributed by atoms with Gasteiger partial charge in [-0.05, 0) is 36.8 Å². The summed E-state index contributed by atoms with van der Waals surface area (Å²) in [5.74, 6) is -1.55. The van der Waals surface area contributed by atoms with Crippen LogP contribution in [0.4, 0.5) is 0 Å². The van der Waals surface area contributed by atoms with Crippen molar-refractivity contribution in [3.05, 3.63) is 70.7 Å². The first kappa shape index (κ1) is 19.5. The molecule has 0 bridgehead atoms. The van der Waals surface area contributed by atoms with Crippen molar-refractivity contribution in [3.8, 4) is 0 Å². The van der Waals surface area contributed by atoms with E-state index in [1.807, 2.05) is 37.3 Å². The van der Waals surface area contributed by atoms with E-state index in [0.29, 0.717) is 10.6 Å². The molecule has 7 heteroatoms. The van der Waals surface area contributed by atoms with Gasteiger partial charge in [0.1, 0.15) is 6.54 Å². The zero-order chi connectivity index (χ0) is 18.9. The van der Waals surface area contributed by atoms with Crippen LogP contribution in [-0.4, -0.2) is 30.9 Å². The topological polar surface area (TPSA) is 84.5 Å². The Balaban J connectivity index is 1.70. The zero-order valence-electron chi connectivity index (χ0n) is 14.2. The second-order valence-corrected chi connectivity index (χ2v) is 5.99. The number of ether oxygens (including phenoxy) is 1. The van der Waals surface area contributed by atoms with Crippen LogP contribution in [0.15, 0.2) is 54.6 Å². The summed E-state index contributed by atoms with van der Waals surface area (Å²) >= 11 is 5.75. The molecule has 0 unspecified atom stereocenters. The fourth-order valence-electron chi connectivity index (χ4n) is 2.16. The minimum Gasteiger partial charge on any atom is -0.454 e. The molecule has 0 aliphatic carbocycles. The van der Waals surface area contributed by atoms with Crippen LogP contribution in [0.25, 0.3) is 0 Å². The lowest BCUT2D eigenvalue weighted by Crippen LogP contribution is -2.34. The van der Waals surface area contributed by atoms with Crippen LogP contribution in [0.1, 0.15) is 28.9 Å². The molecule has 2 amide bonds. The van der Waals surface area contributed by atoms with Crippen molar-refractivity contribution in [2.24, 2.45) is 0 Å². The summed E-state index contributed by atoms with van der Waals surface area (Å²) in [5.41, 5.74) is 1.32. The number of carbonyl (C=O) groups is 3. The highest BCUT2D eigenvalue weighted by Gasteiger charge is 2.13. The predicted octanol–water partition coefficient (Wildman–Crippen LogP) is 2.49. The highest BCUT2D eigenvalue weighted by atomic mass is 35.5. The molecule has 0 aliphatic rings. The van der Waals surface area contributed by atoms with Crippen molar-refractivity contribution in [1.82, 2.24) is 10.6 Å². The maximum Gasteiger partial charge on any atom is 0.325 e. The Morgan fingerprint density at radius 3 is 2.35 bits per heavy atom. The summed E-state index contributed by atoms with van der Waals surface area (Å²) in [4.78, 5) is 35.3. The molecule has 136 valence electrons. The van der Waals surface area contributed by atoms with E-state index in [0.717, 1.165) is 5.56 Å². The number of nitrogens with one attached hydrogen (secondary N) is 2. The average Bonchev–Trinajstić information content (AvgIpc) is 2.65. The van der Waals surface area contributed by atoms with Gasteiger partial charge >= 0.3 is 5.97 Å². The molecule has 26 heavy (non-hydrogen) atoms. The third kappa shape index (κ3) is 6.22. The first-order chi connectivity index (χ1) is 12.5. The van der Waals surface area contributed by atoms with Gasteiger partial charge in [0.25, 0.3) is 11.8 Å². The van der Waals surface area contributed by atoms with Crippen molar-refractivity contribution in [3.63, 3.8) is 0 Å². The highest BCUT2D eigenvalue weighted by molar-refractivity contribution is 6.30. The molecule has 0 fully saturated rings. The van der Waals surface area contributed by atoms with E-state index < -0.39 is 24.4 Å². The van der Waals surface area contributed by atoms with E-state index in [9.17, 15) is 14.4 Å². The predicted molar refractivity (Wildman–Crippen MR) is 97.7 cm³/mol. The van der Waals surface area contributed by atoms with E-state index >= 15 is 0 Å². The molecule has 0 saturated carbocycles. The van der Waals surface area contributed by atoms with Gasteiger partial charge in [-0.15, -0.1) is 0 Å². The minimum atomic E-state index is -0.699. The molecule has 1 atom stereocenters. The van der Waals surface area contributed by atoms with Crippen LogP contribution < -0.4 is 10.6 Å². The lowest BCUT2D eigenvalue weighted by Gasteiger charge is -2.14. The Bertz CT molecular complexity index is 763. The van der Waals surface area contributed by atoms with Crippen LogP contribution >= 0.6 is 11.6 Å². The minimum absolute atomic E-state index is 0.202. The van der Waals surface area contributed by atoms with Gasteiger partial charge in [0.2, 0.25) is 0 Å².